The monoisotopic (exact) mass is 293 g/mol. The Bertz CT molecular complexity index is 393. The summed E-state index contributed by atoms with van der Waals surface area (Å²) >= 11 is 0. The third-order valence-corrected chi connectivity index (χ3v) is 6.39. The van der Waals surface area contributed by atoms with Crippen LogP contribution >= 0.6 is 0 Å². The predicted octanol–water partition coefficient (Wildman–Crippen LogP) is 4.06. The highest BCUT2D eigenvalue weighted by atomic mass is 16.4. The zero-order valence-electron chi connectivity index (χ0n) is 13.7. The molecule has 21 heavy (non-hydrogen) atoms. The first-order valence-corrected chi connectivity index (χ1v) is 8.98. The second-order valence-electron chi connectivity index (χ2n) is 8.40. The predicted molar refractivity (Wildman–Crippen MR) is 84.3 cm³/mol. The Morgan fingerprint density at radius 3 is 2.57 bits per heavy atom. The third-order valence-electron chi connectivity index (χ3n) is 6.39. The zero-order chi connectivity index (χ0) is 15.0. The lowest BCUT2D eigenvalue weighted by Crippen LogP contribution is -2.48. The van der Waals surface area contributed by atoms with E-state index in [1.54, 1.807) is 0 Å². The lowest BCUT2D eigenvalue weighted by Gasteiger charge is -2.38. The van der Waals surface area contributed by atoms with E-state index in [9.17, 15) is 9.90 Å². The molecule has 4 atom stereocenters. The molecule has 0 aromatic carbocycles. The summed E-state index contributed by atoms with van der Waals surface area (Å²) in [7, 11) is 0. The van der Waals surface area contributed by atoms with Gasteiger partial charge >= 0.3 is 5.97 Å². The van der Waals surface area contributed by atoms with Gasteiger partial charge < -0.3 is 5.11 Å². The maximum absolute atomic E-state index is 11.8. The number of carbonyl (C=O) groups is 1. The average molecular weight is 293 g/mol. The van der Waals surface area contributed by atoms with E-state index in [1.165, 1.54) is 57.8 Å². The van der Waals surface area contributed by atoms with Crippen molar-refractivity contribution in [2.45, 2.75) is 96.2 Å². The van der Waals surface area contributed by atoms with Crippen LogP contribution in [0.25, 0.3) is 0 Å². The molecule has 3 heteroatoms. The van der Waals surface area contributed by atoms with Gasteiger partial charge in [0.15, 0.2) is 0 Å². The Kier molecular flexibility index (Phi) is 4.31. The molecule has 0 spiro atoms. The number of carboxylic acids is 1. The van der Waals surface area contributed by atoms with Crippen LogP contribution in [0.3, 0.4) is 0 Å². The molecule has 3 rings (SSSR count). The topological polar surface area (TPSA) is 40.5 Å². The first-order chi connectivity index (χ1) is 9.98. The van der Waals surface area contributed by atoms with Crippen molar-refractivity contribution in [3.63, 3.8) is 0 Å². The van der Waals surface area contributed by atoms with Crippen molar-refractivity contribution in [2.75, 3.05) is 0 Å². The van der Waals surface area contributed by atoms with E-state index in [1.807, 2.05) is 0 Å². The van der Waals surface area contributed by atoms with Gasteiger partial charge in [-0.15, -0.1) is 0 Å². The Balaban J connectivity index is 1.78. The number of rotatable bonds is 2. The SMILES string of the molecule is CC1(C)CCCC(N2C(C(=O)O)CC3CCCCC32)CC1. The fourth-order valence-corrected chi connectivity index (χ4v) is 5.19. The van der Waals surface area contributed by atoms with Crippen LogP contribution in [0.15, 0.2) is 0 Å². The molecule has 1 N–H and O–H groups in total. The smallest absolute Gasteiger partial charge is 0.320 e. The number of carboxylic acid groups (broad SMARTS) is 1. The molecule has 2 aliphatic carbocycles. The van der Waals surface area contributed by atoms with Gasteiger partial charge in [0.05, 0.1) is 0 Å². The Morgan fingerprint density at radius 1 is 1.05 bits per heavy atom. The number of fused-ring (bicyclic) bond motifs is 1. The van der Waals surface area contributed by atoms with Crippen LogP contribution in [0.1, 0.15) is 78.1 Å². The second kappa shape index (κ2) is 5.91. The highest BCUT2D eigenvalue weighted by Gasteiger charge is 2.48. The maximum Gasteiger partial charge on any atom is 0.320 e. The van der Waals surface area contributed by atoms with Gasteiger partial charge in [0.25, 0.3) is 0 Å². The van der Waals surface area contributed by atoms with Crippen LogP contribution in [0.2, 0.25) is 0 Å². The number of nitrogens with zero attached hydrogens (tertiary/aromatic N) is 1. The summed E-state index contributed by atoms with van der Waals surface area (Å²) in [5.41, 5.74) is 0.444. The molecule has 3 fully saturated rings. The summed E-state index contributed by atoms with van der Waals surface area (Å²) in [6.07, 6.45) is 12.2. The minimum atomic E-state index is -0.576. The molecule has 3 nitrogen and oxygen atoms in total. The van der Waals surface area contributed by atoms with Crippen molar-refractivity contribution in [1.29, 1.82) is 0 Å². The van der Waals surface area contributed by atoms with Gasteiger partial charge in [-0.05, 0) is 56.3 Å². The van der Waals surface area contributed by atoms with Crippen molar-refractivity contribution >= 4 is 5.97 Å². The molecular weight excluding hydrogens is 262 g/mol. The number of likely N-dealkylation sites (tertiary alicyclic amines) is 1. The van der Waals surface area contributed by atoms with Gasteiger partial charge in [-0.2, -0.15) is 0 Å². The normalized spacial score (nSPS) is 40.5. The van der Waals surface area contributed by atoms with Gasteiger partial charge in [-0.25, -0.2) is 0 Å². The van der Waals surface area contributed by atoms with E-state index in [4.69, 9.17) is 0 Å². The van der Waals surface area contributed by atoms with Gasteiger partial charge in [-0.3, -0.25) is 9.69 Å². The standard InChI is InChI=1S/C18H31NO2/c1-18(2)10-5-7-14(9-11-18)19-15-8-4-3-6-13(15)12-16(19)17(20)21/h13-16H,3-12H2,1-2H3,(H,20,21). The number of aliphatic carboxylic acids is 1. The molecule has 0 aromatic heterocycles. The Labute approximate surface area is 129 Å². The lowest BCUT2D eigenvalue weighted by molar-refractivity contribution is -0.143. The largest absolute Gasteiger partial charge is 0.480 e. The van der Waals surface area contributed by atoms with E-state index in [2.05, 4.69) is 18.7 Å². The minimum Gasteiger partial charge on any atom is -0.480 e. The van der Waals surface area contributed by atoms with E-state index in [0.717, 1.165) is 6.42 Å². The molecule has 4 unspecified atom stereocenters. The molecule has 0 aromatic rings. The first kappa shape index (κ1) is 15.3. The van der Waals surface area contributed by atoms with Gasteiger partial charge in [0, 0.05) is 12.1 Å². The van der Waals surface area contributed by atoms with Crippen molar-refractivity contribution in [1.82, 2.24) is 4.90 Å². The molecule has 3 aliphatic rings. The van der Waals surface area contributed by atoms with Crippen LogP contribution in [-0.4, -0.2) is 34.1 Å². The van der Waals surface area contributed by atoms with Crippen LogP contribution < -0.4 is 0 Å². The zero-order valence-corrected chi connectivity index (χ0v) is 13.7. The summed E-state index contributed by atoms with van der Waals surface area (Å²) in [5, 5.41) is 9.69. The van der Waals surface area contributed by atoms with Gasteiger partial charge in [0.2, 0.25) is 0 Å². The summed E-state index contributed by atoms with van der Waals surface area (Å²) in [6.45, 7) is 4.74. The van der Waals surface area contributed by atoms with Crippen LogP contribution in [0, 0.1) is 11.3 Å². The summed E-state index contributed by atoms with van der Waals surface area (Å²) in [5.74, 6) is 0.0732. The fraction of sp³-hybridized carbons (Fsp3) is 0.944. The van der Waals surface area contributed by atoms with Gasteiger partial charge in [-0.1, -0.05) is 33.1 Å². The van der Waals surface area contributed by atoms with E-state index in [0.29, 0.717) is 23.4 Å². The van der Waals surface area contributed by atoms with Crippen LogP contribution in [0.4, 0.5) is 0 Å². The van der Waals surface area contributed by atoms with E-state index >= 15 is 0 Å². The molecule has 0 amide bonds. The highest BCUT2D eigenvalue weighted by molar-refractivity contribution is 5.74. The van der Waals surface area contributed by atoms with Crippen molar-refractivity contribution in [2.24, 2.45) is 11.3 Å². The minimum absolute atomic E-state index is 0.204. The van der Waals surface area contributed by atoms with Crippen LogP contribution in [0.5, 0.6) is 0 Å². The summed E-state index contributed by atoms with van der Waals surface area (Å²) in [4.78, 5) is 14.2. The molecular formula is C18H31NO2. The lowest BCUT2D eigenvalue weighted by atomic mass is 9.84. The molecule has 120 valence electrons. The average Bonchev–Trinajstić information content (AvgIpc) is 2.73. The molecule has 1 heterocycles. The molecule has 0 bridgehead atoms. The van der Waals surface area contributed by atoms with E-state index < -0.39 is 5.97 Å². The van der Waals surface area contributed by atoms with Crippen molar-refractivity contribution < 1.29 is 9.90 Å². The van der Waals surface area contributed by atoms with Crippen molar-refractivity contribution in [3.8, 4) is 0 Å². The number of hydrogen-bond acceptors (Lipinski definition) is 2. The molecule has 2 saturated carbocycles. The Hall–Kier alpha value is -0.570. The maximum atomic E-state index is 11.8. The van der Waals surface area contributed by atoms with Crippen LogP contribution in [-0.2, 0) is 4.79 Å². The fourth-order valence-electron chi connectivity index (χ4n) is 5.19. The Morgan fingerprint density at radius 2 is 1.81 bits per heavy atom. The highest BCUT2D eigenvalue weighted by Crippen LogP contribution is 2.44. The third kappa shape index (κ3) is 3.13. The second-order valence-corrected chi connectivity index (χ2v) is 8.40. The van der Waals surface area contributed by atoms with Gasteiger partial charge in [0.1, 0.15) is 6.04 Å². The molecule has 1 aliphatic heterocycles. The molecule has 0 radical (unpaired) electrons. The summed E-state index contributed by atoms with van der Waals surface area (Å²) < 4.78 is 0. The quantitative estimate of drug-likeness (QED) is 0.780. The summed E-state index contributed by atoms with van der Waals surface area (Å²) in [6, 6.07) is 0.872. The first-order valence-electron chi connectivity index (χ1n) is 8.98. The van der Waals surface area contributed by atoms with Crippen molar-refractivity contribution in [3.05, 3.63) is 0 Å². The number of hydrogen-bond donors (Lipinski definition) is 1. The molecule has 1 saturated heterocycles. The van der Waals surface area contributed by atoms with E-state index in [-0.39, 0.29) is 6.04 Å².